The van der Waals surface area contributed by atoms with Crippen LogP contribution >= 0.6 is 0 Å². The number of benzene rings is 1. The Morgan fingerprint density at radius 2 is 1.94 bits per heavy atom. The van der Waals surface area contributed by atoms with Gasteiger partial charge >= 0.3 is 0 Å². The van der Waals surface area contributed by atoms with Crippen molar-refractivity contribution in [1.29, 1.82) is 0 Å². The van der Waals surface area contributed by atoms with Gasteiger partial charge in [-0.25, -0.2) is 4.99 Å². The fourth-order valence-corrected chi connectivity index (χ4v) is 2.63. The van der Waals surface area contributed by atoms with Crippen molar-refractivity contribution in [2.75, 3.05) is 13.1 Å². The third-order valence-electron chi connectivity index (χ3n) is 2.73. The Morgan fingerprint density at radius 3 is 2.65 bits per heavy atom. The number of hydrogen-bond donors (Lipinski definition) is 0. The quantitative estimate of drug-likeness (QED) is 0.465. The smallest absolute Gasteiger partial charge is 0.229 e. The predicted molar refractivity (Wildman–Crippen MR) is 74.9 cm³/mol. The zero-order chi connectivity index (χ0) is 12.1. The van der Waals surface area contributed by atoms with E-state index in [1.54, 1.807) is 0 Å². The van der Waals surface area contributed by atoms with E-state index in [-0.39, 0.29) is 0 Å². The van der Waals surface area contributed by atoms with E-state index in [2.05, 4.69) is 23.0 Å². The van der Waals surface area contributed by atoms with Crippen LogP contribution in [-0.4, -0.2) is 33.4 Å². The molecule has 4 heteroatoms. The predicted octanol–water partition coefficient (Wildman–Crippen LogP) is 2.80. The third-order valence-corrected chi connectivity index (χ3v) is 3.45. The first kappa shape index (κ1) is 12.2. The summed E-state index contributed by atoms with van der Waals surface area (Å²) in [5.41, 5.74) is 0.945. The Hall–Kier alpha value is -1.29. The molecule has 0 aliphatic carbocycles. The van der Waals surface area contributed by atoms with Crippen molar-refractivity contribution >= 4 is 21.1 Å². The van der Waals surface area contributed by atoms with Crippen molar-refractivity contribution < 1.29 is 4.43 Å². The summed E-state index contributed by atoms with van der Waals surface area (Å²) < 4.78 is 5.87. The summed E-state index contributed by atoms with van der Waals surface area (Å²) in [6.07, 6.45) is 4.52. The lowest BCUT2D eigenvalue weighted by Gasteiger charge is -2.13. The van der Waals surface area contributed by atoms with E-state index in [1.807, 2.05) is 30.6 Å². The Labute approximate surface area is 105 Å². The molecule has 1 saturated heterocycles. The maximum atomic E-state index is 5.87. The van der Waals surface area contributed by atoms with Crippen LogP contribution in [0.3, 0.4) is 0 Å². The van der Waals surface area contributed by atoms with Crippen LogP contribution in [0.1, 0.15) is 12.8 Å². The molecule has 1 aromatic rings. The average molecular weight is 248 g/mol. The van der Waals surface area contributed by atoms with Gasteiger partial charge in [-0.3, -0.25) is 0 Å². The first-order valence-electron chi connectivity index (χ1n) is 6.29. The molecule has 0 bridgehead atoms. The largest absolute Gasteiger partial charge is 0.546 e. The normalized spacial score (nSPS) is 16.1. The summed E-state index contributed by atoms with van der Waals surface area (Å²) in [5, 5.41) is 0. The van der Waals surface area contributed by atoms with Crippen LogP contribution in [0.25, 0.3) is 0 Å². The summed E-state index contributed by atoms with van der Waals surface area (Å²) in [6, 6.07) is 8.02. The second kappa shape index (κ2) is 5.86. The molecule has 92 valence electrons. The van der Waals surface area contributed by atoms with Gasteiger partial charge in [-0.05, 0) is 38.1 Å². The molecule has 0 amide bonds. The molecule has 0 N–H and O–H groups in total. The molecule has 0 aromatic heterocycles. The van der Waals surface area contributed by atoms with Gasteiger partial charge in [-0.1, -0.05) is 12.1 Å². The molecule has 3 nitrogen and oxygen atoms in total. The summed E-state index contributed by atoms with van der Waals surface area (Å²) in [7, 11) is -1.06. The Morgan fingerprint density at radius 1 is 1.24 bits per heavy atom. The van der Waals surface area contributed by atoms with E-state index >= 15 is 0 Å². The van der Waals surface area contributed by atoms with E-state index in [0.717, 1.165) is 24.5 Å². The van der Waals surface area contributed by atoms with Crippen LogP contribution in [-0.2, 0) is 0 Å². The molecule has 0 spiro atoms. The summed E-state index contributed by atoms with van der Waals surface area (Å²) >= 11 is 0. The van der Waals surface area contributed by atoms with Crippen molar-refractivity contribution in [1.82, 2.24) is 4.90 Å². The van der Waals surface area contributed by atoms with Gasteiger partial charge in [-0.2, -0.15) is 0 Å². The fraction of sp³-hybridized carbons (Fsp3) is 0.462. The molecule has 0 radical (unpaired) electrons. The Balaban J connectivity index is 2.08. The highest BCUT2D eigenvalue weighted by Crippen LogP contribution is 2.27. The van der Waals surface area contributed by atoms with E-state index in [9.17, 15) is 0 Å². The topological polar surface area (TPSA) is 24.8 Å². The van der Waals surface area contributed by atoms with Gasteiger partial charge in [0.15, 0.2) is 0 Å². The number of para-hydroxylation sites is 2. The summed E-state index contributed by atoms with van der Waals surface area (Å²) in [6.45, 7) is 6.60. The zero-order valence-corrected chi connectivity index (χ0v) is 11.7. The van der Waals surface area contributed by atoms with Crippen LogP contribution in [0.4, 0.5) is 5.69 Å². The fourth-order valence-electron chi connectivity index (χ4n) is 1.92. The molecule has 1 aromatic carbocycles. The highest BCUT2D eigenvalue weighted by Gasteiger charge is 2.08. The van der Waals surface area contributed by atoms with Crippen molar-refractivity contribution in [2.45, 2.75) is 25.9 Å². The van der Waals surface area contributed by atoms with Crippen LogP contribution < -0.4 is 4.43 Å². The number of likely N-dealkylation sites (tertiary alicyclic amines) is 1. The molecule has 2 rings (SSSR count). The number of hydrogen-bond acceptors (Lipinski definition) is 2. The molecule has 1 fully saturated rings. The summed E-state index contributed by atoms with van der Waals surface area (Å²) in [5.74, 6) is 0.921. The maximum Gasteiger partial charge on any atom is 0.229 e. The zero-order valence-electron chi connectivity index (χ0n) is 10.6. The number of aliphatic imine (C=N–C) groups is 1. The van der Waals surface area contributed by atoms with Crippen LogP contribution in [0.15, 0.2) is 29.3 Å². The molecular weight excluding hydrogens is 228 g/mol. The molecular formula is C13H20N2OSi. The van der Waals surface area contributed by atoms with Crippen LogP contribution in [0.2, 0.25) is 13.1 Å². The SMILES string of the molecule is C[SiH](C)Oc1ccccc1N=CN1CCCC1. The minimum absolute atomic E-state index is 0.921. The first-order chi connectivity index (χ1) is 8.25. The van der Waals surface area contributed by atoms with Gasteiger partial charge in [0.25, 0.3) is 0 Å². The molecule has 17 heavy (non-hydrogen) atoms. The van der Waals surface area contributed by atoms with Gasteiger partial charge < -0.3 is 9.33 Å². The molecule has 1 aliphatic heterocycles. The Bertz CT molecular complexity index is 387. The van der Waals surface area contributed by atoms with E-state index in [1.165, 1.54) is 12.8 Å². The van der Waals surface area contributed by atoms with Gasteiger partial charge in [0, 0.05) is 13.1 Å². The highest BCUT2D eigenvalue weighted by molar-refractivity contribution is 6.49. The Kier molecular flexibility index (Phi) is 4.20. The second-order valence-electron chi connectivity index (χ2n) is 4.62. The van der Waals surface area contributed by atoms with Gasteiger partial charge in [-0.15, -0.1) is 0 Å². The van der Waals surface area contributed by atoms with Crippen molar-refractivity contribution in [3.63, 3.8) is 0 Å². The minimum atomic E-state index is -1.06. The molecule has 0 saturated carbocycles. The third kappa shape index (κ3) is 3.59. The lowest BCUT2D eigenvalue weighted by Crippen LogP contribution is -2.16. The molecule has 0 unspecified atom stereocenters. The van der Waals surface area contributed by atoms with Crippen LogP contribution in [0.5, 0.6) is 5.75 Å². The van der Waals surface area contributed by atoms with Crippen molar-refractivity contribution in [2.24, 2.45) is 4.99 Å². The van der Waals surface area contributed by atoms with Crippen molar-refractivity contribution in [3.05, 3.63) is 24.3 Å². The number of rotatable bonds is 4. The average Bonchev–Trinajstić information content (AvgIpc) is 2.80. The van der Waals surface area contributed by atoms with Gasteiger partial charge in [0.1, 0.15) is 11.4 Å². The van der Waals surface area contributed by atoms with E-state index in [4.69, 9.17) is 4.43 Å². The summed E-state index contributed by atoms with van der Waals surface area (Å²) in [4.78, 5) is 6.81. The number of nitrogens with zero attached hydrogens (tertiary/aromatic N) is 2. The standard InChI is InChI=1S/C13H20N2OSi/c1-17(2)16-13-8-4-3-7-12(13)14-11-15-9-5-6-10-15/h3-4,7-8,11,17H,5-6,9-10H2,1-2H3. The molecule has 1 heterocycles. The molecule has 0 atom stereocenters. The maximum absolute atomic E-state index is 5.87. The minimum Gasteiger partial charge on any atom is -0.546 e. The lowest BCUT2D eigenvalue weighted by molar-refractivity contribution is 0.535. The first-order valence-corrected chi connectivity index (χ1v) is 9.08. The van der Waals surface area contributed by atoms with Crippen molar-refractivity contribution in [3.8, 4) is 5.75 Å². The molecule has 1 aliphatic rings. The van der Waals surface area contributed by atoms with Gasteiger partial charge in [0.05, 0.1) is 6.34 Å². The monoisotopic (exact) mass is 248 g/mol. The van der Waals surface area contributed by atoms with E-state index in [0.29, 0.717) is 0 Å². The van der Waals surface area contributed by atoms with Crippen LogP contribution in [0, 0.1) is 0 Å². The highest BCUT2D eigenvalue weighted by atomic mass is 28.3. The lowest BCUT2D eigenvalue weighted by atomic mass is 10.3. The second-order valence-corrected chi connectivity index (χ2v) is 6.96. The van der Waals surface area contributed by atoms with E-state index < -0.39 is 9.04 Å². The van der Waals surface area contributed by atoms with Gasteiger partial charge in [0.2, 0.25) is 9.04 Å².